The molecule has 0 bridgehead atoms. The van der Waals surface area contributed by atoms with E-state index < -0.39 is 5.97 Å². The van der Waals surface area contributed by atoms with E-state index in [-0.39, 0.29) is 17.6 Å². The monoisotopic (exact) mass is 238 g/mol. The Morgan fingerprint density at radius 1 is 1.35 bits per heavy atom. The van der Waals surface area contributed by atoms with Crippen LogP contribution in [0.4, 0.5) is 0 Å². The van der Waals surface area contributed by atoms with Gasteiger partial charge in [-0.3, -0.25) is 4.79 Å². The number of carboxylic acids is 1. The van der Waals surface area contributed by atoms with Crippen LogP contribution in [0.3, 0.4) is 0 Å². The van der Waals surface area contributed by atoms with Gasteiger partial charge in [-0.25, -0.2) is 0 Å². The normalized spacial score (nSPS) is 11.3. The van der Waals surface area contributed by atoms with E-state index in [1.165, 1.54) is 7.11 Å². The van der Waals surface area contributed by atoms with Crippen molar-refractivity contribution in [3.63, 3.8) is 0 Å². The number of carbonyl (C=O) groups is 1. The summed E-state index contributed by atoms with van der Waals surface area (Å²) < 4.78 is 5.06. The second-order valence-electron chi connectivity index (χ2n) is 5.01. The number of phenolic OH excluding ortho intramolecular Hbond substituents is 1. The first kappa shape index (κ1) is 13.4. The molecule has 0 saturated heterocycles. The maximum Gasteiger partial charge on any atom is 0.307 e. The van der Waals surface area contributed by atoms with Crippen molar-refractivity contribution in [3.8, 4) is 11.5 Å². The zero-order chi connectivity index (χ0) is 13.2. The second kappa shape index (κ2) is 4.65. The first-order valence-corrected chi connectivity index (χ1v) is 5.38. The summed E-state index contributed by atoms with van der Waals surface area (Å²) in [7, 11) is 1.45. The van der Waals surface area contributed by atoms with E-state index in [9.17, 15) is 9.90 Å². The molecule has 0 atom stereocenters. The quantitative estimate of drug-likeness (QED) is 0.848. The summed E-state index contributed by atoms with van der Waals surface area (Å²) in [6.45, 7) is 6.05. The highest BCUT2D eigenvalue weighted by Crippen LogP contribution is 2.36. The van der Waals surface area contributed by atoms with Gasteiger partial charge in [-0.05, 0) is 17.0 Å². The van der Waals surface area contributed by atoms with Crippen LogP contribution >= 0.6 is 0 Å². The molecule has 0 radical (unpaired) electrons. The largest absolute Gasteiger partial charge is 0.504 e. The molecule has 0 aliphatic heterocycles. The third-order valence-electron chi connectivity index (χ3n) is 2.58. The smallest absolute Gasteiger partial charge is 0.307 e. The van der Waals surface area contributed by atoms with Gasteiger partial charge in [0.05, 0.1) is 13.5 Å². The van der Waals surface area contributed by atoms with E-state index in [1.54, 1.807) is 12.1 Å². The lowest BCUT2D eigenvalue weighted by Gasteiger charge is -2.21. The number of phenols is 1. The average Bonchev–Trinajstić information content (AvgIpc) is 2.18. The van der Waals surface area contributed by atoms with Gasteiger partial charge in [0.15, 0.2) is 11.5 Å². The lowest BCUT2D eigenvalue weighted by atomic mass is 9.85. The third-order valence-corrected chi connectivity index (χ3v) is 2.58. The molecule has 17 heavy (non-hydrogen) atoms. The molecule has 0 aliphatic rings. The van der Waals surface area contributed by atoms with Crippen molar-refractivity contribution in [1.82, 2.24) is 0 Å². The maximum absolute atomic E-state index is 10.7. The molecule has 2 N–H and O–H groups in total. The van der Waals surface area contributed by atoms with Crippen molar-refractivity contribution in [2.24, 2.45) is 0 Å². The third kappa shape index (κ3) is 3.12. The predicted octanol–water partition coefficient (Wildman–Crippen LogP) is 2.33. The van der Waals surface area contributed by atoms with Gasteiger partial charge in [0.1, 0.15) is 0 Å². The lowest BCUT2D eigenvalue weighted by molar-refractivity contribution is -0.136. The molecule has 0 unspecified atom stereocenters. The molecule has 0 fully saturated rings. The van der Waals surface area contributed by atoms with E-state index >= 15 is 0 Å². The number of ether oxygens (including phenoxy) is 1. The molecule has 1 aromatic rings. The van der Waals surface area contributed by atoms with Crippen molar-refractivity contribution >= 4 is 5.97 Å². The molecule has 4 nitrogen and oxygen atoms in total. The summed E-state index contributed by atoms with van der Waals surface area (Å²) in [4.78, 5) is 10.7. The molecule has 0 aromatic heterocycles. The first-order chi connectivity index (χ1) is 7.75. The SMILES string of the molecule is COc1cc(C(C)(C)C)cc(CC(=O)O)c1O. The summed E-state index contributed by atoms with van der Waals surface area (Å²) in [6, 6.07) is 3.45. The minimum absolute atomic E-state index is 0.0945. The van der Waals surface area contributed by atoms with Crippen LogP contribution in [0.1, 0.15) is 31.9 Å². The Kier molecular flexibility index (Phi) is 3.66. The van der Waals surface area contributed by atoms with Crippen molar-refractivity contribution in [3.05, 3.63) is 23.3 Å². The first-order valence-electron chi connectivity index (χ1n) is 5.38. The molecular weight excluding hydrogens is 220 g/mol. The molecule has 1 aromatic carbocycles. The van der Waals surface area contributed by atoms with Gasteiger partial charge >= 0.3 is 5.97 Å². The highest BCUT2D eigenvalue weighted by atomic mass is 16.5. The topological polar surface area (TPSA) is 66.8 Å². The number of aliphatic carboxylic acids is 1. The molecule has 0 aliphatic carbocycles. The van der Waals surface area contributed by atoms with Crippen LogP contribution in [-0.2, 0) is 16.6 Å². The Labute approximate surface area is 101 Å². The summed E-state index contributed by atoms with van der Waals surface area (Å²) in [5.74, 6) is -0.759. The van der Waals surface area contributed by atoms with Crippen LogP contribution in [0.15, 0.2) is 12.1 Å². The Hall–Kier alpha value is -1.71. The van der Waals surface area contributed by atoms with Crippen LogP contribution in [-0.4, -0.2) is 23.3 Å². The molecule has 0 spiro atoms. The molecular formula is C13H18O4. The number of methoxy groups -OCH3 is 1. The summed E-state index contributed by atoms with van der Waals surface area (Å²) in [5, 5.41) is 18.6. The minimum atomic E-state index is -0.978. The maximum atomic E-state index is 10.7. The van der Waals surface area contributed by atoms with E-state index in [1.807, 2.05) is 20.8 Å². The zero-order valence-corrected chi connectivity index (χ0v) is 10.6. The standard InChI is InChI=1S/C13H18O4/c1-13(2,3)9-5-8(6-11(14)15)12(16)10(7-9)17-4/h5,7,16H,6H2,1-4H3,(H,14,15). The highest BCUT2D eigenvalue weighted by Gasteiger charge is 2.20. The van der Waals surface area contributed by atoms with Crippen molar-refractivity contribution in [2.75, 3.05) is 7.11 Å². The van der Waals surface area contributed by atoms with E-state index in [0.717, 1.165) is 5.56 Å². The molecule has 0 heterocycles. The van der Waals surface area contributed by atoms with Gasteiger partial charge in [-0.2, -0.15) is 0 Å². The van der Waals surface area contributed by atoms with Crippen LogP contribution in [0, 0.1) is 0 Å². The predicted molar refractivity (Wildman–Crippen MR) is 64.7 cm³/mol. The van der Waals surface area contributed by atoms with E-state index in [4.69, 9.17) is 9.84 Å². The molecule has 4 heteroatoms. The Bertz CT molecular complexity index is 430. The Morgan fingerprint density at radius 3 is 2.35 bits per heavy atom. The van der Waals surface area contributed by atoms with Crippen molar-refractivity contribution in [1.29, 1.82) is 0 Å². The number of benzene rings is 1. The molecule has 94 valence electrons. The van der Waals surface area contributed by atoms with Gasteiger partial charge in [-0.15, -0.1) is 0 Å². The van der Waals surface area contributed by atoms with Gasteiger partial charge in [0, 0.05) is 5.56 Å². The summed E-state index contributed by atoms with van der Waals surface area (Å²) in [6.07, 6.45) is -0.216. The lowest BCUT2D eigenvalue weighted by Crippen LogP contribution is -2.12. The molecule has 1 rings (SSSR count). The van der Waals surface area contributed by atoms with Gasteiger partial charge in [0.25, 0.3) is 0 Å². The summed E-state index contributed by atoms with van der Waals surface area (Å²) in [5.41, 5.74) is 1.18. The zero-order valence-electron chi connectivity index (χ0n) is 10.6. The van der Waals surface area contributed by atoms with E-state index in [0.29, 0.717) is 11.3 Å². The van der Waals surface area contributed by atoms with Crippen LogP contribution < -0.4 is 4.74 Å². The van der Waals surface area contributed by atoms with E-state index in [2.05, 4.69) is 0 Å². The minimum Gasteiger partial charge on any atom is -0.504 e. The van der Waals surface area contributed by atoms with Crippen LogP contribution in [0.5, 0.6) is 11.5 Å². The number of rotatable bonds is 3. The highest BCUT2D eigenvalue weighted by molar-refractivity contribution is 5.72. The number of hydrogen-bond donors (Lipinski definition) is 2. The second-order valence-corrected chi connectivity index (χ2v) is 5.01. The van der Waals surface area contributed by atoms with Crippen LogP contribution in [0.25, 0.3) is 0 Å². The van der Waals surface area contributed by atoms with Crippen molar-refractivity contribution < 1.29 is 19.7 Å². The van der Waals surface area contributed by atoms with Gasteiger partial charge < -0.3 is 14.9 Å². The fourth-order valence-electron chi connectivity index (χ4n) is 1.55. The molecule has 0 saturated carbocycles. The Morgan fingerprint density at radius 2 is 1.94 bits per heavy atom. The molecule has 0 amide bonds. The average molecular weight is 238 g/mol. The summed E-state index contributed by atoms with van der Waals surface area (Å²) >= 11 is 0. The van der Waals surface area contributed by atoms with Crippen LogP contribution in [0.2, 0.25) is 0 Å². The number of aromatic hydroxyl groups is 1. The number of hydrogen-bond acceptors (Lipinski definition) is 3. The van der Waals surface area contributed by atoms with Gasteiger partial charge in [0.2, 0.25) is 0 Å². The number of carboxylic acid groups (broad SMARTS) is 1. The fraction of sp³-hybridized carbons (Fsp3) is 0.462. The fourth-order valence-corrected chi connectivity index (χ4v) is 1.55. The van der Waals surface area contributed by atoms with Crippen molar-refractivity contribution in [2.45, 2.75) is 32.6 Å². The Balaban J connectivity index is 3.33. The van der Waals surface area contributed by atoms with Gasteiger partial charge in [-0.1, -0.05) is 26.8 Å².